The molecular formula is C48H78O18. The molecule has 66 heavy (non-hydrogen) atoms. The summed E-state index contributed by atoms with van der Waals surface area (Å²) in [6.07, 6.45) is -17.4. The number of carbonyl (C=O) groups is 1. The van der Waals surface area contributed by atoms with Crippen LogP contribution in [-0.4, -0.2) is 180 Å². The van der Waals surface area contributed by atoms with E-state index in [1.807, 2.05) is 6.92 Å². The van der Waals surface area contributed by atoms with Crippen LogP contribution in [0.15, 0.2) is 11.6 Å². The quantitative estimate of drug-likeness (QED) is 0.112. The Bertz CT molecular complexity index is 1820. The minimum Gasteiger partial charge on any atom is -0.479 e. The van der Waals surface area contributed by atoms with Gasteiger partial charge in [0.15, 0.2) is 25.0 Å². The fourth-order valence-electron chi connectivity index (χ4n) is 15.0. The van der Waals surface area contributed by atoms with Crippen molar-refractivity contribution < 1.29 is 89.4 Å². The topological polar surface area (TPSA) is 295 Å². The van der Waals surface area contributed by atoms with E-state index in [4.69, 9.17) is 28.4 Å². The summed E-state index contributed by atoms with van der Waals surface area (Å²) in [5.41, 5.74) is 0.0658. The molecule has 25 unspecified atom stereocenters. The predicted molar refractivity (Wildman–Crippen MR) is 231 cm³/mol. The Hall–Kier alpha value is -1.43. The van der Waals surface area contributed by atoms with Crippen molar-refractivity contribution in [2.75, 3.05) is 13.2 Å². The highest BCUT2D eigenvalue weighted by Crippen LogP contribution is 2.76. The molecule has 0 bridgehead atoms. The van der Waals surface area contributed by atoms with E-state index < -0.39 is 116 Å². The highest BCUT2D eigenvalue weighted by atomic mass is 16.8. The lowest BCUT2D eigenvalue weighted by Crippen LogP contribution is -2.68. The average Bonchev–Trinajstić information content (AvgIpc) is 3.25. The molecule has 25 atom stereocenters. The molecule has 4 saturated carbocycles. The Kier molecular flexibility index (Phi) is 13.7. The first kappa shape index (κ1) is 50.9. The van der Waals surface area contributed by atoms with Crippen LogP contribution < -0.4 is 0 Å². The van der Waals surface area contributed by atoms with Crippen LogP contribution in [0.1, 0.15) is 113 Å². The summed E-state index contributed by atoms with van der Waals surface area (Å²) < 4.78 is 36.2. The number of ether oxygens (including phenoxy) is 6. The van der Waals surface area contributed by atoms with Gasteiger partial charge in [0.1, 0.15) is 61.0 Å². The van der Waals surface area contributed by atoms with Crippen molar-refractivity contribution in [1.82, 2.24) is 0 Å². The number of aliphatic hydroxyl groups is 10. The fraction of sp³-hybridized carbons (Fsp3) is 0.938. The Balaban J connectivity index is 1.07. The van der Waals surface area contributed by atoms with E-state index in [-0.39, 0.29) is 51.6 Å². The molecule has 0 spiro atoms. The van der Waals surface area contributed by atoms with Gasteiger partial charge in [-0.2, -0.15) is 0 Å². The van der Waals surface area contributed by atoms with Crippen molar-refractivity contribution in [2.24, 2.45) is 50.2 Å². The van der Waals surface area contributed by atoms with Crippen LogP contribution in [0.3, 0.4) is 0 Å². The van der Waals surface area contributed by atoms with Crippen molar-refractivity contribution in [3.05, 3.63) is 11.6 Å². The van der Waals surface area contributed by atoms with Crippen molar-refractivity contribution in [1.29, 1.82) is 0 Å². The van der Waals surface area contributed by atoms with Gasteiger partial charge in [0.2, 0.25) is 0 Å². The molecule has 0 aromatic heterocycles. The van der Waals surface area contributed by atoms with Gasteiger partial charge in [-0.3, -0.25) is 0 Å². The van der Waals surface area contributed by atoms with Crippen LogP contribution in [0.25, 0.3) is 0 Å². The molecule has 378 valence electrons. The smallest absolute Gasteiger partial charge is 0.335 e. The predicted octanol–water partition coefficient (Wildman–Crippen LogP) is 0.705. The molecule has 0 amide bonds. The summed E-state index contributed by atoms with van der Waals surface area (Å²) in [6.45, 7) is 16.3. The Morgan fingerprint density at radius 2 is 1.32 bits per heavy atom. The maximum Gasteiger partial charge on any atom is 0.335 e. The molecule has 0 radical (unpaired) electrons. The number of carboxylic acids is 1. The summed E-state index contributed by atoms with van der Waals surface area (Å²) in [6, 6.07) is 0. The minimum atomic E-state index is -2.07. The lowest BCUT2D eigenvalue weighted by atomic mass is 9.33. The van der Waals surface area contributed by atoms with Crippen molar-refractivity contribution in [3.63, 3.8) is 0 Å². The van der Waals surface area contributed by atoms with Crippen LogP contribution in [0, 0.1) is 50.2 Å². The van der Waals surface area contributed by atoms with Gasteiger partial charge in [-0.15, -0.1) is 0 Å². The van der Waals surface area contributed by atoms with Gasteiger partial charge < -0.3 is 84.6 Å². The first-order valence-electron chi connectivity index (χ1n) is 24.3. The van der Waals surface area contributed by atoms with Crippen LogP contribution in [0.5, 0.6) is 0 Å². The molecule has 8 aliphatic rings. The summed E-state index contributed by atoms with van der Waals surface area (Å²) in [4.78, 5) is 12.5. The third kappa shape index (κ3) is 7.78. The third-order valence-corrected chi connectivity index (χ3v) is 19.6. The molecule has 11 N–H and O–H groups in total. The highest BCUT2D eigenvalue weighted by Gasteiger charge is 2.69. The van der Waals surface area contributed by atoms with E-state index in [1.54, 1.807) is 5.57 Å². The second-order valence-electron chi connectivity index (χ2n) is 23.6. The number of hydrogen-bond acceptors (Lipinski definition) is 17. The third-order valence-electron chi connectivity index (χ3n) is 19.6. The van der Waals surface area contributed by atoms with Crippen LogP contribution in [0.2, 0.25) is 0 Å². The monoisotopic (exact) mass is 943 g/mol. The van der Waals surface area contributed by atoms with Crippen molar-refractivity contribution >= 4 is 5.97 Å². The van der Waals surface area contributed by atoms with Gasteiger partial charge in [0.05, 0.1) is 31.5 Å². The second kappa shape index (κ2) is 17.7. The number of aliphatic carboxylic acids is 1. The molecular weight excluding hydrogens is 865 g/mol. The van der Waals surface area contributed by atoms with Gasteiger partial charge >= 0.3 is 5.97 Å². The second-order valence-corrected chi connectivity index (χ2v) is 23.6. The van der Waals surface area contributed by atoms with E-state index in [9.17, 15) is 61.0 Å². The average molecular weight is 943 g/mol. The zero-order valence-electron chi connectivity index (χ0n) is 39.7. The van der Waals surface area contributed by atoms with Gasteiger partial charge in [-0.25, -0.2) is 4.79 Å². The van der Waals surface area contributed by atoms with Gasteiger partial charge in [0.25, 0.3) is 0 Å². The Morgan fingerprint density at radius 3 is 1.95 bits per heavy atom. The fourth-order valence-corrected chi connectivity index (χ4v) is 15.0. The maximum absolute atomic E-state index is 12.5. The highest BCUT2D eigenvalue weighted by molar-refractivity contribution is 5.73. The van der Waals surface area contributed by atoms with Crippen LogP contribution >= 0.6 is 0 Å². The molecule has 0 aromatic carbocycles. The number of carboxylic acid groups (broad SMARTS) is 1. The number of rotatable bonds is 9. The molecule has 5 aliphatic carbocycles. The molecule has 18 nitrogen and oxygen atoms in total. The molecule has 3 saturated heterocycles. The molecule has 0 aromatic rings. The zero-order valence-corrected chi connectivity index (χ0v) is 39.7. The van der Waals surface area contributed by atoms with Crippen LogP contribution in [-0.2, 0) is 33.2 Å². The largest absolute Gasteiger partial charge is 0.479 e. The van der Waals surface area contributed by atoms with E-state index in [1.165, 1.54) is 6.92 Å². The van der Waals surface area contributed by atoms with Crippen LogP contribution in [0.4, 0.5) is 0 Å². The van der Waals surface area contributed by atoms with Gasteiger partial charge in [-0.05, 0) is 110 Å². The zero-order chi connectivity index (χ0) is 48.4. The number of allylic oxidation sites excluding steroid dienone is 2. The number of aliphatic hydroxyl groups excluding tert-OH is 10. The van der Waals surface area contributed by atoms with Gasteiger partial charge in [0, 0.05) is 5.41 Å². The standard InChI is InChI=1S/C48H78O18/c1-21-29(52)31(54)35(58)40(61-21)65-37-32(55)30(53)24(19-49)62-41(37)66-38-34(57)33(56)36(39(59)60)64-42(38)63-28-12-13-45(5)25(46(28,6)20-50)11-14-48(8)26(45)10-9-22-23-17-43(2,3)27(51)18-44(23,4)15-16-47(22,48)7/h9,21,23-38,40-42,49-58H,10-20H2,1-8H3,(H,59,60). The minimum absolute atomic E-state index is 0.0270. The molecule has 18 heteroatoms. The SMILES string of the molecule is CC1OC(OC2C(OC3C(OC4CCC5(C)C(CCC6(C)C5CC=C5C7CC(C)(C)C(O)CC7(C)CCC56C)C4(C)CO)OC(C(=O)O)C(O)C3O)OC(CO)C(O)C2O)C(O)C(O)C1O. The first-order valence-corrected chi connectivity index (χ1v) is 24.3. The van der Waals surface area contributed by atoms with E-state index >= 15 is 0 Å². The maximum atomic E-state index is 12.5. The lowest BCUT2D eigenvalue weighted by Gasteiger charge is -2.71. The van der Waals surface area contributed by atoms with E-state index in [0.29, 0.717) is 18.8 Å². The lowest BCUT2D eigenvalue weighted by molar-refractivity contribution is -0.396. The molecule has 8 rings (SSSR count). The van der Waals surface area contributed by atoms with Crippen molar-refractivity contribution in [3.8, 4) is 0 Å². The van der Waals surface area contributed by atoms with Crippen molar-refractivity contribution in [2.45, 2.75) is 218 Å². The summed E-state index contributed by atoms with van der Waals surface area (Å²) in [5, 5.41) is 119. The Morgan fingerprint density at radius 1 is 0.682 bits per heavy atom. The summed E-state index contributed by atoms with van der Waals surface area (Å²) in [7, 11) is 0. The Labute approximate surface area is 387 Å². The molecule has 3 heterocycles. The number of fused-ring (bicyclic) bond motifs is 7. The normalized spacial score (nSPS) is 55.9. The van der Waals surface area contributed by atoms with E-state index in [2.05, 4.69) is 47.6 Å². The molecule has 3 aliphatic heterocycles. The number of hydrogen-bond donors (Lipinski definition) is 11. The first-order chi connectivity index (χ1) is 30.7. The summed E-state index contributed by atoms with van der Waals surface area (Å²) in [5.74, 6) is -1.04. The molecule has 7 fully saturated rings. The van der Waals surface area contributed by atoms with Gasteiger partial charge in [-0.1, -0.05) is 60.1 Å². The van der Waals surface area contributed by atoms with E-state index in [0.717, 1.165) is 44.9 Å². The summed E-state index contributed by atoms with van der Waals surface area (Å²) >= 11 is 0.